The summed E-state index contributed by atoms with van der Waals surface area (Å²) in [6.07, 6.45) is 0. The molecular weight excluding hydrogens is 415 g/mol. The predicted octanol–water partition coefficient (Wildman–Crippen LogP) is 3.06. The number of nitrogens with zero attached hydrogens (tertiary/aromatic N) is 3. The average Bonchev–Trinajstić information content (AvgIpc) is 2.58. The third kappa shape index (κ3) is 6.03. The summed E-state index contributed by atoms with van der Waals surface area (Å²) < 4.78 is 5.33. The highest BCUT2D eigenvalue weighted by Gasteiger charge is 2.20. The Labute approximate surface area is 163 Å². The van der Waals surface area contributed by atoms with Crippen LogP contribution in [-0.4, -0.2) is 57.2 Å². The standard InChI is InChI=1S/C18H30N4O.HI/c1-5-19-18(20-14-15(2)3)22-11-9-21(10-12-22)16-7-6-8-17(13-16)23-4;/h6-8,13,15H,5,9-12,14H2,1-4H3,(H,19,20);1H. The summed E-state index contributed by atoms with van der Waals surface area (Å²) in [6, 6.07) is 8.29. The fourth-order valence-electron chi connectivity index (χ4n) is 2.68. The summed E-state index contributed by atoms with van der Waals surface area (Å²) in [5, 5.41) is 3.42. The van der Waals surface area contributed by atoms with E-state index in [2.05, 4.69) is 54.1 Å². The van der Waals surface area contributed by atoms with Crippen molar-refractivity contribution in [1.82, 2.24) is 10.2 Å². The Balaban J connectivity index is 0.00000288. The highest BCUT2D eigenvalue weighted by atomic mass is 127. The zero-order valence-corrected chi connectivity index (χ0v) is 17.6. The topological polar surface area (TPSA) is 40.1 Å². The van der Waals surface area contributed by atoms with E-state index >= 15 is 0 Å². The van der Waals surface area contributed by atoms with Crippen molar-refractivity contribution in [3.63, 3.8) is 0 Å². The molecule has 6 heteroatoms. The quantitative estimate of drug-likeness (QED) is 0.429. The van der Waals surface area contributed by atoms with E-state index in [9.17, 15) is 0 Å². The molecule has 24 heavy (non-hydrogen) atoms. The fraction of sp³-hybridized carbons (Fsp3) is 0.611. The molecule has 1 N–H and O–H groups in total. The van der Waals surface area contributed by atoms with Gasteiger partial charge in [-0.05, 0) is 25.0 Å². The molecule has 0 unspecified atom stereocenters. The number of guanidine groups is 1. The number of ether oxygens (including phenoxy) is 1. The number of piperazine rings is 1. The number of rotatable bonds is 5. The zero-order chi connectivity index (χ0) is 16.7. The van der Waals surface area contributed by atoms with Crippen LogP contribution >= 0.6 is 24.0 Å². The van der Waals surface area contributed by atoms with E-state index in [1.54, 1.807) is 7.11 Å². The Bertz CT molecular complexity index is 513. The summed E-state index contributed by atoms with van der Waals surface area (Å²) >= 11 is 0. The number of halogens is 1. The van der Waals surface area contributed by atoms with Crippen molar-refractivity contribution >= 4 is 35.6 Å². The van der Waals surface area contributed by atoms with Crippen LogP contribution in [0.4, 0.5) is 5.69 Å². The minimum atomic E-state index is 0. The van der Waals surface area contributed by atoms with E-state index in [1.807, 2.05) is 6.07 Å². The third-order valence-corrected chi connectivity index (χ3v) is 3.94. The highest BCUT2D eigenvalue weighted by molar-refractivity contribution is 14.0. The van der Waals surface area contributed by atoms with Crippen molar-refractivity contribution < 1.29 is 4.74 Å². The fourth-order valence-corrected chi connectivity index (χ4v) is 2.68. The maximum atomic E-state index is 5.33. The number of nitrogens with one attached hydrogen (secondary N) is 1. The van der Waals surface area contributed by atoms with Crippen LogP contribution in [0.3, 0.4) is 0 Å². The van der Waals surface area contributed by atoms with Gasteiger partial charge in [-0.3, -0.25) is 4.99 Å². The normalized spacial score (nSPS) is 15.3. The molecule has 0 radical (unpaired) electrons. The van der Waals surface area contributed by atoms with Gasteiger partial charge in [-0.1, -0.05) is 19.9 Å². The van der Waals surface area contributed by atoms with Crippen molar-refractivity contribution in [2.24, 2.45) is 10.9 Å². The van der Waals surface area contributed by atoms with Gasteiger partial charge in [0.25, 0.3) is 0 Å². The van der Waals surface area contributed by atoms with Crippen molar-refractivity contribution in [2.45, 2.75) is 20.8 Å². The van der Waals surface area contributed by atoms with Crippen LogP contribution in [0.2, 0.25) is 0 Å². The highest BCUT2D eigenvalue weighted by Crippen LogP contribution is 2.22. The maximum Gasteiger partial charge on any atom is 0.194 e. The van der Waals surface area contributed by atoms with Gasteiger partial charge in [0.2, 0.25) is 0 Å². The molecule has 1 heterocycles. The lowest BCUT2D eigenvalue weighted by Gasteiger charge is -2.37. The molecule has 0 bridgehead atoms. The van der Waals surface area contributed by atoms with Gasteiger partial charge in [-0.25, -0.2) is 0 Å². The lowest BCUT2D eigenvalue weighted by Crippen LogP contribution is -2.52. The van der Waals surface area contributed by atoms with E-state index in [0.29, 0.717) is 5.92 Å². The SMILES string of the molecule is CCNC(=NCC(C)C)N1CCN(c2cccc(OC)c2)CC1.I. The molecule has 136 valence electrons. The second-order valence-corrected chi connectivity index (χ2v) is 6.26. The Hall–Kier alpha value is -1.18. The average molecular weight is 446 g/mol. The molecule has 5 nitrogen and oxygen atoms in total. The number of aliphatic imine (C=N–C) groups is 1. The van der Waals surface area contributed by atoms with Gasteiger partial charge in [0, 0.05) is 51.0 Å². The molecular formula is C18H31IN4O. The summed E-state index contributed by atoms with van der Waals surface area (Å²) in [7, 11) is 1.71. The van der Waals surface area contributed by atoms with Crippen molar-refractivity contribution in [3.8, 4) is 5.75 Å². The van der Waals surface area contributed by atoms with Crippen LogP contribution in [0.15, 0.2) is 29.3 Å². The van der Waals surface area contributed by atoms with Crippen LogP contribution in [0.5, 0.6) is 5.75 Å². The van der Waals surface area contributed by atoms with Crippen LogP contribution < -0.4 is 15.0 Å². The lowest BCUT2D eigenvalue weighted by molar-refractivity contribution is 0.371. The van der Waals surface area contributed by atoms with Gasteiger partial charge >= 0.3 is 0 Å². The first-order valence-corrected chi connectivity index (χ1v) is 8.56. The number of benzene rings is 1. The van der Waals surface area contributed by atoms with Gasteiger partial charge in [-0.15, -0.1) is 24.0 Å². The number of methoxy groups -OCH3 is 1. The van der Waals surface area contributed by atoms with Crippen LogP contribution in [-0.2, 0) is 0 Å². The smallest absolute Gasteiger partial charge is 0.194 e. The molecule has 1 aliphatic heterocycles. The Morgan fingerprint density at radius 3 is 2.54 bits per heavy atom. The van der Waals surface area contributed by atoms with Gasteiger partial charge in [0.1, 0.15) is 5.75 Å². The van der Waals surface area contributed by atoms with Gasteiger partial charge in [0.15, 0.2) is 5.96 Å². The molecule has 0 aromatic heterocycles. The van der Waals surface area contributed by atoms with E-state index < -0.39 is 0 Å². The number of anilines is 1. The minimum absolute atomic E-state index is 0. The lowest BCUT2D eigenvalue weighted by atomic mass is 10.2. The van der Waals surface area contributed by atoms with Crippen molar-refractivity contribution in [3.05, 3.63) is 24.3 Å². The van der Waals surface area contributed by atoms with Crippen molar-refractivity contribution in [1.29, 1.82) is 0 Å². The molecule has 1 saturated heterocycles. The maximum absolute atomic E-state index is 5.33. The van der Waals surface area contributed by atoms with E-state index in [4.69, 9.17) is 9.73 Å². The van der Waals surface area contributed by atoms with E-state index in [0.717, 1.165) is 51.0 Å². The Morgan fingerprint density at radius 2 is 1.96 bits per heavy atom. The molecule has 0 saturated carbocycles. The first-order chi connectivity index (χ1) is 11.1. The third-order valence-electron chi connectivity index (χ3n) is 3.94. The molecule has 0 aliphatic carbocycles. The molecule has 0 amide bonds. The Morgan fingerprint density at radius 1 is 1.25 bits per heavy atom. The molecule has 2 rings (SSSR count). The minimum Gasteiger partial charge on any atom is -0.497 e. The summed E-state index contributed by atoms with van der Waals surface area (Å²) in [4.78, 5) is 9.53. The molecule has 1 aromatic carbocycles. The van der Waals surface area contributed by atoms with Crippen LogP contribution in [0, 0.1) is 5.92 Å². The number of hydrogen-bond acceptors (Lipinski definition) is 3. The Kier molecular flexibility index (Phi) is 9.25. The molecule has 1 fully saturated rings. The van der Waals surface area contributed by atoms with Gasteiger partial charge < -0.3 is 19.9 Å². The zero-order valence-electron chi connectivity index (χ0n) is 15.3. The van der Waals surface area contributed by atoms with Crippen LogP contribution in [0.1, 0.15) is 20.8 Å². The monoisotopic (exact) mass is 446 g/mol. The van der Waals surface area contributed by atoms with Gasteiger partial charge in [-0.2, -0.15) is 0 Å². The second kappa shape index (κ2) is 10.6. The molecule has 1 aliphatic rings. The first-order valence-electron chi connectivity index (χ1n) is 8.56. The summed E-state index contributed by atoms with van der Waals surface area (Å²) in [5.41, 5.74) is 1.23. The first kappa shape index (κ1) is 20.9. The largest absolute Gasteiger partial charge is 0.497 e. The molecule has 0 spiro atoms. The summed E-state index contributed by atoms with van der Waals surface area (Å²) in [6.45, 7) is 12.3. The van der Waals surface area contributed by atoms with Crippen LogP contribution in [0.25, 0.3) is 0 Å². The van der Waals surface area contributed by atoms with Crippen molar-refractivity contribution in [2.75, 3.05) is 51.3 Å². The number of hydrogen-bond donors (Lipinski definition) is 1. The molecule has 0 atom stereocenters. The molecule has 1 aromatic rings. The second-order valence-electron chi connectivity index (χ2n) is 6.26. The van der Waals surface area contributed by atoms with E-state index in [1.165, 1.54) is 5.69 Å². The van der Waals surface area contributed by atoms with E-state index in [-0.39, 0.29) is 24.0 Å². The predicted molar refractivity (Wildman–Crippen MR) is 113 cm³/mol. The summed E-state index contributed by atoms with van der Waals surface area (Å²) in [5.74, 6) is 2.55. The van der Waals surface area contributed by atoms with Gasteiger partial charge in [0.05, 0.1) is 7.11 Å².